The maximum atomic E-state index is 6.41. The molecule has 1 aliphatic carbocycles. The highest BCUT2D eigenvalue weighted by molar-refractivity contribution is 6.30. The zero-order chi connectivity index (χ0) is 28.0. The summed E-state index contributed by atoms with van der Waals surface area (Å²) in [5, 5.41) is 3.79. The minimum absolute atomic E-state index is 0.302. The van der Waals surface area contributed by atoms with Crippen LogP contribution in [0.3, 0.4) is 0 Å². The largest absolute Gasteiger partial charge is 0.401 e. The van der Waals surface area contributed by atoms with Gasteiger partial charge in [0.25, 0.3) is 0 Å². The number of halogens is 1. The Hall–Kier alpha value is -3.09. The Bertz CT molecular complexity index is 1210. The van der Waals surface area contributed by atoms with Gasteiger partial charge in [-0.25, -0.2) is 4.98 Å². The first-order valence-corrected chi connectivity index (χ1v) is 15.2. The van der Waals surface area contributed by atoms with Crippen LogP contribution in [0.1, 0.15) is 85.4 Å². The number of aromatic nitrogens is 3. The van der Waals surface area contributed by atoms with Crippen LogP contribution in [0.25, 0.3) is 0 Å². The fourth-order valence-corrected chi connectivity index (χ4v) is 5.99. The number of allylic oxidation sites excluding steroid dienone is 1. The Morgan fingerprint density at radius 3 is 2.70 bits per heavy atom. The predicted molar refractivity (Wildman–Crippen MR) is 166 cm³/mol. The van der Waals surface area contributed by atoms with Crippen LogP contribution in [0.2, 0.25) is 5.02 Å². The summed E-state index contributed by atoms with van der Waals surface area (Å²) in [6.45, 7) is 6.97. The molecule has 0 saturated heterocycles. The van der Waals surface area contributed by atoms with E-state index in [0.29, 0.717) is 5.92 Å². The first-order chi connectivity index (χ1) is 19.6. The third-order valence-corrected chi connectivity index (χ3v) is 8.17. The fourth-order valence-electron chi connectivity index (χ4n) is 5.79. The number of hydrogen-bond donors (Lipinski definition) is 3. The van der Waals surface area contributed by atoms with Gasteiger partial charge in [0.05, 0.1) is 12.0 Å². The van der Waals surface area contributed by atoms with Gasteiger partial charge in [-0.15, -0.1) is 0 Å². The van der Waals surface area contributed by atoms with E-state index < -0.39 is 0 Å². The van der Waals surface area contributed by atoms with Crippen LogP contribution in [-0.4, -0.2) is 39.5 Å². The van der Waals surface area contributed by atoms with Gasteiger partial charge in [-0.05, 0) is 119 Å². The standard InChI is InChI=1S/C33H45ClN6/c1-2-36-23-29(35)11-5-3-7-19-40(20-8-4-6-12-30-24-37-25-39-30)21-17-32-31-16-15-28(34)22-27(31)14-13-26-10-9-18-38-33(26)32/h2,9-10,15-16,18,22-25,32,36H,1,3-8,11-14,17,19-21,35H2,(H,37,39)/b29-23-. The van der Waals surface area contributed by atoms with Crippen molar-refractivity contribution in [3.8, 4) is 0 Å². The zero-order valence-corrected chi connectivity index (χ0v) is 24.5. The van der Waals surface area contributed by atoms with Gasteiger partial charge in [-0.1, -0.05) is 43.2 Å². The van der Waals surface area contributed by atoms with Crippen LogP contribution in [0, 0.1) is 0 Å². The lowest BCUT2D eigenvalue weighted by atomic mass is 9.88. The first-order valence-electron chi connectivity index (χ1n) is 14.9. The van der Waals surface area contributed by atoms with Crippen molar-refractivity contribution in [2.75, 3.05) is 19.6 Å². The second-order valence-corrected chi connectivity index (χ2v) is 11.3. The molecule has 214 valence electrons. The van der Waals surface area contributed by atoms with Gasteiger partial charge in [0.15, 0.2) is 0 Å². The molecule has 3 aromatic rings. The van der Waals surface area contributed by atoms with E-state index in [1.54, 1.807) is 12.5 Å². The molecule has 0 spiro atoms. The van der Waals surface area contributed by atoms with Gasteiger partial charge in [-0.2, -0.15) is 0 Å². The smallest absolute Gasteiger partial charge is 0.0921 e. The number of pyridine rings is 1. The van der Waals surface area contributed by atoms with Crippen molar-refractivity contribution in [1.29, 1.82) is 0 Å². The molecule has 40 heavy (non-hydrogen) atoms. The number of nitrogens with zero attached hydrogens (tertiary/aromatic N) is 3. The van der Waals surface area contributed by atoms with E-state index in [0.717, 1.165) is 68.9 Å². The molecule has 0 amide bonds. The number of unbranched alkanes of at least 4 members (excludes halogenated alkanes) is 4. The third-order valence-electron chi connectivity index (χ3n) is 7.94. The molecule has 1 atom stereocenters. The van der Waals surface area contributed by atoms with Gasteiger partial charge < -0.3 is 20.9 Å². The van der Waals surface area contributed by atoms with Crippen LogP contribution >= 0.6 is 11.6 Å². The molecule has 0 bridgehead atoms. The highest BCUT2D eigenvalue weighted by atomic mass is 35.5. The number of fused-ring (bicyclic) bond motifs is 2. The average molecular weight is 561 g/mol. The van der Waals surface area contributed by atoms with E-state index >= 15 is 0 Å². The van der Waals surface area contributed by atoms with Crippen LogP contribution in [0.5, 0.6) is 0 Å². The highest BCUT2D eigenvalue weighted by Crippen LogP contribution is 2.36. The molecule has 0 fully saturated rings. The normalized spacial score (nSPS) is 14.9. The third kappa shape index (κ3) is 9.24. The topological polar surface area (TPSA) is 82.9 Å². The molecule has 0 aliphatic heterocycles. The lowest BCUT2D eigenvalue weighted by Gasteiger charge is -2.26. The fraction of sp³-hybridized carbons (Fsp3) is 0.455. The molecule has 2 aromatic heterocycles. The van der Waals surface area contributed by atoms with Crippen molar-refractivity contribution in [3.63, 3.8) is 0 Å². The molecule has 1 unspecified atom stereocenters. The summed E-state index contributed by atoms with van der Waals surface area (Å²) in [7, 11) is 0. The molecule has 4 N–H and O–H groups in total. The maximum Gasteiger partial charge on any atom is 0.0921 e. The average Bonchev–Trinajstić information content (AvgIpc) is 3.43. The molecule has 0 saturated carbocycles. The van der Waals surface area contributed by atoms with Crippen LogP contribution in [-0.2, 0) is 19.3 Å². The quantitative estimate of drug-likeness (QED) is 0.157. The molecule has 2 heterocycles. The Kier molecular flexibility index (Phi) is 12.1. The van der Waals surface area contributed by atoms with Crippen LogP contribution in [0.15, 0.2) is 73.7 Å². The molecular weight excluding hydrogens is 516 g/mol. The SMILES string of the molecule is C=CN/C=C(\N)CCCCCN(CCCCCc1cnc[nH]1)CCC1c2ccc(Cl)cc2CCc2cccnc21. The number of nitrogens with one attached hydrogen (secondary N) is 2. The van der Waals surface area contributed by atoms with E-state index in [1.807, 2.05) is 24.7 Å². The van der Waals surface area contributed by atoms with Crippen molar-refractivity contribution in [3.05, 3.63) is 107 Å². The van der Waals surface area contributed by atoms with Crippen molar-refractivity contribution in [1.82, 2.24) is 25.2 Å². The number of H-pyrrole nitrogens is 1. The number of rotatable bonds is 17. The van der Waals surface area contributed by atoms with Crippen molar-refractivity contribution < 1.29 is 0 Å². The number of hydrogen-bond acceptors (Lipinski definition) is 5. The number of nitrogens with two attached hydrogens (primary N) is 1. The molecule has 0 radical (unpaired) electrons. The molecule has 7 heteroatoms. The first kappa shape index (κ1) is 29.9. The van der Waals surface area contributed by atoms with E-state index in [9.17, 15) is 0 Å². The molecule has 1 aliphatic rings. The van der Waals surface area contributed by atoms with E-state index in [-0.39, 0.29) is 0 Å². The Morgan fingerprint density at radius 1 is 1.07 bits per heavy atom. The summed E-state index contributed by atoms with van der Waals surface area (Å²) in [6, 6.07) is 10.8. The van der Waals surface area contributed by atoms with Crippen molar-refractivity contribution >= 4 is 11.6 Å². The maximum absolute atomic E-state index is 6.41. The van der Waals surface area contributed by atoms with Gasteiger partial charge in [-0.3, -0.25) is 4.98 Å². The van der Waals surface area contributed by atoms with E-state index in [2.05, 4.69) is 51.0 Å². The Balaban J connectivity index is 1.36. The monoisotopic (exact) mass is 560 g/mol. The van der Waals surface area contributed by atoms with Crippen molar-refractivity contribution in [2.24, 2.45) is 5.73 Å². The van der Waals surface area contributed by atoms with Gasteiger partial charge >= 0.3 is 0 Å². The summed E-state index contributed by atoms with van der Waals surface area (Å²) >= 11 is 6.41. The molecular formula is C33H45ClN6. The minimum atomic E-state index is 0.302. The lowest BCUT2D eigenvalue weighted by molar-refractivity contribution is 0.254. The van der Waals surface area contributed by atoms with Crippen molar-refractivity contribution in [2.45, 2.75) is 76.5 Å². The summed E-state index contributed by atoms with van der Waals surface area (Å²) in [5.74, 6) is 0.302. The minimum Gasteiger partial charge on any atom is -0.401 e. The number of benzene rings is 1. The number of aromatic amines is 1. The number of aryl methyl sites for hydroxylation is 3. The van der Waals surface area contributed by atoms with Crippen LogP contribution in [0.4, 0.5) is 0 Å². The number of imidazole rings is 1. The Labute approximate surface area is 245 Å². The van der Waals surface area contributed by atoms with Gasteiger partial charge in [0.1, 0.15) is 0 Å². The van der Waals surface area contributed by atoms with Gasteiger partial charge in [0.2, 0.25) is 0 Å². The summed E-state index contributed by atoms with van der Waals surface area (Å²) < 4.78 is 0. The summed E-state index contributed by atoms with van der Waals surface area (Å²) in [6.07, 6.45) is 21.3. The highest BCUT2D eigenvalue weighted by Gasteiger charge is 2.25. The van der Waals surface area contributed by atoms with Crippen LogP contribution < -0.4 is 11.1 Å². The molecule has 4 rings (SSSR count). The molecule has 6 nitrogen and oxygen atoms in total. The second-order valence-electron chi connectivity index (χ2n) is 10.9. The summed E-state index contributed by atoms with van der Waals surface area (Å²) in [5.41, 5.74) is 13.6. The summed E-state index contributed by atoms with van der Waals surface area (Å²) in [4.78, 5) is 14.9. The van der Waals surface area contributed by atoms with Gasteiger partial charge in [0, 0.05) is 40.9 Å². The predicted octanol–water partition coefficient (Wildman–Crippen LogP) is 6.89. The Morgan fingerprint density at radius 2 is 1.90 bits per heavy atom. The zero-order valence-electron chi connectivity index (χ0n) is 23.8. The molecule has 1 aromatic carbocycles. The van der Waals surface area contributed by atoms with E-state index in [4.69, 9.17) is 22.3 Å². The lowest BCUT2D eigenvalue weighted by Crippen LogP contribution is -2.29. The van der Waals surface area contributed by atoms with E-state index in [1.165, 1.54) is 60.2 Å². The second kappa shape index (κ2) is 16.2.